The number of rotatable bonds is 6. The summed E-state index contributed by atoms with van der Waals surface area (Å²) in [6.45, 7) is 4.15. The van der Waals surface area contributed by atoms with Crippen molar-refractivity contribution in [1.82, 2.24) is 10.4 Å². The summed E-state index contributed by atoms with van der Waals surface area (Å²) >= 11 is 3.41. The average molecular weight is 302 g/mol. The molecule has 3 N–H and O–H groups in total. The fraction of sp³-hybridized carbons (Fsp3) is 0.583. The number of ether oxygens (including phenoxy) is 1. The van der Waals surface area contributed by atoms with Gasteiger partial charge in [-0.05, 0) is 47.3 Å². The Bertz CT molecular complexity index is 355. The van der Waals surface area contributed by atoms with Gasteiger partial charge in [0, 0.05) is 24.0 Å². The van der Waals surface area contributed by atoms with E-state index in [-0.39, 0.29) is 11.6 Å². The van der Waals surface area contributed by atoms with E-state index in [1.165, 1.54) is 0 Å². The van der Waals surface area contributed by atoms with Gasteiger partial charge in [-0.2, -0.15) is 0 Å². The minimum absolute atomic E-state index is 0.0496. The summed E-state index contributed by atoms with van der Waals surface area (Å²) in [7, 11) is 1.72. The Hall–Kier alpha value is -0.490. The molecule has 0 aliphatic rings. The van der Waals surface area contributed by atoms with Crippen molar-refractivity contribution in [3.05, 3.63) is 28.5 Å². The monoisotopic (exact) mass is 301 g/mol. The quantitative estimate of drug-likeness (QED) is 0.623. The fourth-order valence-corrected chi connectivity index (χ4v) is 2.20. The van der Waals surface area contributed by atoms with Crippen molar-refractivity contribution in [2.24, 2.45) is 5.84 Å². The Labute approximate surface area is 111 Å². The first-order valence-corrected chi connectivity index (χ1v) is 6.45. The molecular weight excluding hydrogens is 282 g/mol. The van der Waals surface area contributed by atoms with Crippen molar-refractivity contribution in [2.45, 2.75) is 38.3 Å². The highest BCUT2D eigenvalue weighted by molar-refractivity contribution is 9.10. The van der Waals surface area contributed by atoms with Gasteiger partial charge >= 0.3 is 0 Å². The molecule has 1 heterocycles. The molecule has 0 aromatic carbocycles. The fourth-order valence-electron chi connectivity index (χ4n) is 1.79. The van der Waals surface area contributed by atoms with Gasteiger partial charge in [0.05, 0.1) is 11.6 Å². The van der Waals surface area contributed by atoms with Crippen molar-refractivity contribution < 1.29 is 4.74 Å². The summed E-state index contributed by atoms with van der Waals surface area (Å²) in [4.78, 5) is 4.15. The van der Waals surface area contributed by atoms with Gasteiger partial charge in [0.2, 0.25) is 0 Å². The van der Waals surface area contributed by atoms with E-state index in [0.29, 0.717) is 0 Å². The van der Waals surface area contributed by atoms with E-state index in [9.17, 15) is 0 Å². The lowest BCUT2D eigenvalue weighted by atomic mass is 9.89. The third-order valence-corrected chi connectivity index (χ3v) is 3.74. The Kier molecular flexibility index (Phi) is 5.52. The molecule has 0 bridgehead atoms. The highest BCUT2D eigenvalue weighted by Crippen LogP contribution is 2.22. The third kappa shape index (κ3) is 3.74. The zero-order chi connectivity index (χ0) is 12.9. The Morgan fingerprint density at radius 2 is 2.29 bits per heavy atom. The minimum Gasteiger partial charge on any atom is -0.377 e. The van der Waals surface area contributed by atoms with Crippen LogP contribution in [0.15, 0.2) is 22.9 Å². The molecule has 0 spiro atoms. The average Bonchev–Trinajstić information content (AvgIpc) is 2.35. The summed E-state index contributed by atoms with van der Waals surface area (Å²) in [5.41, 5.74) is 3.69. The lowest BCUT2D eigenvalue weighted by Gasteiger charge is -2.35. The predicted octanol–water partition coefficient (Wildman–Crippen LogP) is 2.03. The van der Waals surface area contributed by atoms with Gasteiger partial charge in [0.15, 0.2) is 0 Å². The molecule has 96 valence electrons. The molecule has 2 atom stereocenters. The van der Waals surface area contributed by atoms with Gasteiger partial charge in [-0.25, -0.2) is 0 Å². The number of hydrazine groups is 1. The van der Waals surface area contributed by atoms with Crippen LogP contribution in [0, 0.1) is 0 Å². The van der Waals surface area contributed by atoms with E-state index in [4.69, 9.17) is 10.6 Å². The number of aromatic nitrogens is 1. The molecule has 1 aromatic heterocycles. The van der Waals surface area contributed by atoms with Gasteiger partial charge in [0.25, 0.3) is 0 Å². The molecule has 0 aliphatic carbocycles. The number of hydrogen-bond donors (Lipinski definition) is 2. The highest BCUT2D eigenvalue weighted by Gasteiger charge is 2.31. The molecule has 0 fully saturated rings. The Morgan fingerprint density at radius 1 is 1.59 bits per heavy atom. The van der Waals surface area contributed by atoms with Gasteiger partial charge in [0.1, 0.15) is 0 Å². The molecule has 17 heavy (non-hydrogen) atoms. The normalized spacial score (nSPS) is 16.5. The van der Waals surface area contributed by atoms with Crippen molar-refractivity contribution in [2.75, 3.05) is 7.11 Å². The standard InChI is InChI=1S/C12H20BrN3O/c1-4-12(2,17-3)11(16-14)6-9-5-10(13)8-15-7-9/h5,7-8,11,16H,4,6,14H2,1-3H3. The van der Waals surface area contributed by atoms with Crippen LogP contribution in [0.1, 0.15) is 25.8 Å². The first-order valence-electron chi connectivity index (χ1n) is 5.66. The van der Waals surface area contributed by atoms with Crippen LogP contribution in [-0.2, 0) is 11.2 Å². The second kappa shape index (κ2) is 6.44. The van der Waals surface area contributed by atoms with E-state index < -0.39 is 0 Å². The van der Waals surface area contributed by atoms with Crippen LogP contribution < -0.4 is 11.3 Å². The number of halogens is 1. The highest BCUT2D eigenvalue weighted by atomic mass is 79.9. The van der Waals surface area contributed by atoms with Crippen LogP contribution in [0.5, 0.6) is 0 Å². The number of nitrogens with one attached hydrogen (secondary N) is 1. The van der Waals surface area contributed by atoms with E-state index in [1.54, 1.807) is 13.3 Å². The topological polar surface area (TPSA) is 60.2 Å². The van der Waals surface area contributed by atoms with Crippen LogP contribution in [0.4, 0.5) is 0 Å². The molecule has 4 nitrogen and oxygen atoms in total. The molecule has 0 saturated carbocycles. The van der Waals surface area contributed by atoms with Gasteiger partial charge in [-0.3, -0.25) is 16.3 Å². The number of nitrogens with two attached hydrogens (primary N) is 1. The van der Waals surface area contributed by atoms with Gasteiger partial charge < -0.3 is 4.74 Å². The summed E-state index contributed by atoms with van der Waals surface area (Å²) < 4.78 is 6.54. The number of pyridine rings is 1. The SMILES string of the molecule is CCC(C)(OC)C(Cc1cncc(Br)c1)NN. The molecule has 1 rings (SSSR count). The first-order chi connectivity index (χ1) is 8.05. The third-order valence-electron chi connectivity index (χ3n) is 3.31. The van der Waals surface area contributed by atoms with Crippen molar-refractivity contribution in [1.29, 1.82) is 0 Å². The molecule has 1 aromatic rings. The maximum absolute atomic E-state index is 5.63. The molecular formula is C12H20BrN3O. The van der Waals surface area contributed by atoms with E-state index >= 15 is 0 Å². The smallest absolute Gasteiger partial charge is 0.0817 e. The molecule has 5 heteroatoms. The van der Waals surface area contributed by atoms with Crippen LogP contribution in [0.25, 0.3) is 0 Å². The van der Waals surface area contributed by atoms with Crippen LogP contribution >= 0.6 is 15.9 Å². The lowest BCUT2D eigenvalue weighted by Crippen LogP contribution is -2.53. The molecule has 0 saturated heterocycles. The van der Waals surface area contributed by atoms with Crippen LogP contribution in [-0.4, -0.2) is 23.7 Å². The summed E-state index contributed by atoms with van der Waals surface area (Å²) in [6.07, 6.45) is 5.28. The van der Waals surface area contributed by atoms with Crippen LogP contribution in [0.2, 0.25) is 0 Å². The molecule has 0 amide bonds. The molecule has 0 radical (unpaired) electrons. The second-order valence-corrected chi connectivity index (χ2v) is 5.22. The van der Waals surface area contributed by atoms with Gasteiger partial charge in [-0.15, -0.1) is 0 Å². The van der Waals surface area contributed by atoms with E-state index in [0.717, 1.165) is 22.9 Å². The Morgan fingerprint density at radius 3 is 2.76 bits per heavy atom. The number of nitrogens with zero attached hydrogens (tertiary/aromatic N) is 1. The zero-order valence-electron chi connectivity index (χ0n) is 10.5. The predicted molar refractivity (Wildman–Crippen MR) is 72.5 cm³/mol. The second-order valence-electron chi connectivity index (χ2n) is 4.31. The van der Waals surface area contributed by atoms with Crippen molar-refractivity contribution in [3.8, 4) is 0 Å². The molecule has 0 aliphatic heterocycles. The maximum atomic E-state index is 5.63. The first kappa shape index (κ1) is 14.6. The van der Waals surface area contributed by atoms with E-state index in [1.807, 2.05) is 12.3 Å². The number of methoxy groups -OCH3 is 1. The summed E-state index contributed by atoms with van der Waals surface area (Å²) in [6, 6.07) is 2.09. The Balaban J connectivity index is 2.83. The molecule has 2 unspecified atom stereocenters. The summed E-state index contributed by atoms with van der Waals surface area (Å²) in [5.74, 6) is 5.63. The lowest BCUT2D eigenvalue weighted by molar-refractivity contribution is -0.0288. The van der Waals surface area contributed by atoms with Crippen molar-refractivity contribution in [3.63, 3.8) is 0 Å². The number of hydrogen-bond acceptors (Lipinski definition) is 4. The maximum Gasteiger partial charge on any atom is 0.0817 e. The van der Waals surface area contributed by atoms with Crippen LogP contribution in [0.3, 0.4) is 0 Å². The van der Waals surface area contributed by atoms with E-state index in [2.05, 4.69) is 40.2 Å². The van der Waals surface area contributed by atoms with Gasteiger partial charge in [-0.1, -0.05) is 6.92 Å². The zero-order valence-corrected chi connectivity index (χ0v) is 12.1. The minimum atomic E-state index is -0.281. The largest absolute Gasteiger partial charge is 0.377 e. The summed E-state index contributed by atoms with van der Waals surface area (Å²) in [5, 5.41) is 0. The van der Waals surface area contributed by atoms with Crippen molar-refractivity contribution >= 4 is 15.9 Å².